The van der Waals surface area contributed by atoms with Crippen molar-refractivity contribution in [3.63, 3.8) is 0 Å². The molecule has 0 spiro atoms. The van der Waals surface area contributed by atoms with Gasteiger partial charge in [-0.25, -0.2) is 13.1 Å². The third kappa shape index (κ3) is 4.03. The summed E-state index contributed by atoms with van der Waals surface area (Å²) < 4.78 is 27.7. The van der Waals surface area contributed by atoms with Crippen molar-refractivity contribution in [1.29, 1.82) is 0 Å². The molecule has 1 aromatic rings. The predicted octanol–water partition coefficient (Wildman–Crippen LogP) is 2.17. The maximum atomic E-state index is 12.5. The van der Waals surface area contributed by atoms with Gasteiger partial charge in [0.15, 0.2) is 0 Å². The molecular formula is C14H24N2O2S. The molecule has 1 aromatic carbocycles. The fraction of sp³-hybridized carbons (Fsp3) is 0.571. The van der Waals surface area contributed by atoms with Crippen molar-refractivity contribution in [3.8, 4) is 0 Å². The molecule has 0 aliphatic rings. The smallest absolute Gasteiger partial charge is 0.241 e. The van der Waals surface area contributed by atoms with E-state index >= 15 is 0 Å². The number of hydrogen-bond donors (Lipinski definition) is 2. The Labute approximate surface area is 116 Å². The van der Waals surface area contributed by atoms with Crippen molar-refractivity contribution in [2.24, 2.45) is 5.73 Å². The molecule has 0 saturated carbocycles. The molecule has 0 amide bonds. The molecule has 0 saturated heterocycles. The van der Waals surface area contributed by atoms with Crippen LogP contribution in [0.1, 0.15) is 44.7 Å². The molecule has 0 aromatic heterocycles. The minimum atomic E-state index is -3.46. The first-order valence-corrected chi connectivity index (χ1v) is 8.30. The average Bonchev–Trinajstić information content (AvgIpc) is 2.43. The second-order valence-electron chi connectivity index (χ2n) is 4.63. The van der Waals surface area contributed by atoms with Gasteiger partial charge in [-0.3, -0.25) is 0 Å². The van der Waals surface area contributed by atoms with Gasteiger partial charge in [0.25, 0.3) is 0 Å². The summed E-state index contributed by atoms with van der Waals surface area (Å²) in [7, 11) is -3.46. The van der Waals surface area contributed by atoms with Crippen LogP contribution in [0, 0.1) is 0 Å². The molecule has 108 valence electrons. The minimum Gasteiger partial charge on any atom is -0.326 e. The van der Waals surface area contributed by atoms with Gasteiger partial charge in [-0.15, -0.1) is 0 Å². The van der Waals surface area contributed by atoms with Crippen molar-refractivity contribution >= 4 is 10.0 Å². The lowest BCUT2D eigenvalue weighted by molar-refractivity contribution is 0.529. The lowest BCUT2D eigenvalue weighted by Gasteiger charge is -2.17. The lowest BCUT2D eigenvalue weighted by atomic mass is 10.1. The summed E-state index contributed by atoms with van der Waals surface area (Å²) in [6, 6.07) is 5.40. The number of benzene rings is 1. The SMILES string of the molecule is CCc1ccc(CN)cc1S(=O)(=O)NC(CC)CC. The zero-order valence-electron chi connectivity index (χ0n) is 11.9. The average molecular weight is 284 g/mol. The third-order valence-electron chi connectivity index (χ3n) is 3.35. The van der Waals surface area contributed by atoms with Crippen molar-refractivity contribution in [2.75, 3.05) is 0 Å². The molecule has 1 rings (SSSR count). The van der Waals surface area contributed by atoms with Crippen LogP contribution >= 0.6 is 0 Å². The van der Waals surface area contributed by atoms with E-state index in [1.54, 1.807) is 6.07 Å². The van der Waals surface area contributed by atoms with Gasteiger partial charge in [-0.1, -0.05) is 32.9 Å². The number of sulfonamides is 1. The first kappa shape index (κ1) is 16.1. The maximum absolute atomic E-state index is 12.5. The fourth-order valence-electron chi connectivity index (χ4n) is 2.01. The topological polar surface area (TPSA) is 72.2 Å². The molecule has 0 unspecified atom stereocenters. The van der Waals surface area contributed by atoms with E-state index < -0.39 is 10.0 Å². The van der Waals surface area contributed by atoms with Crippen molar-refractivity contribution < 1.29 is 8.42 Å². The molecule has 4 nitrogen and oxygen atoms in total. The molecule has 0 bridgehead atoms. The van der Waals surface area contributed by atoms with E-state index in [9.17, 15) is 8.42 Å². The van der Waals surface area contributed by atoms with Crippen LogP contribution < -0.4 is 10.5 Å². The first-order chi connectivity index (χ1) is 8.98. The van der Waals surface area contributed by atoms with Gasteiger partial charge >= 0.3 is 0 Å². The predicted molar refractivity (Wildman–Crippen MR) is 78.4 cm³/mol. The number of nitrogens with one attached hydrogen (secondary N) is 1. The Morgan fingerprint density at radius 1 is 1.21 bits per heavy atom. The molecule has 0 fully saturated rings. The molecular weight excluding hydrogens is 260 g/mol. The molecule has 0 atom stereocenters. The van der Waals surface area contributed by atoms with E-state index in [0.717, 1.165) is 24.0 Å². The highest BCUT2D eigenvalue weighted by Gasteiger charge is 2.21. The molecule has 5 heteroatoms. The van der Waals surface area contributed by atoms with Crippen LogP contribution in [-0.2, 0) is 23.0 Å². The van der Waals surface area contributed by atoms with E-state index in [0.29, 0.717) is 17.9 Å². The van der Waals surface area contributed by atoms with E-state index in [1.807, 2.05) is 32.9 Å². The molecule has 3 N–H and O–H groups in total. The molecule has 0 radical (unpaired) electrons. The Bertz CT molecular complexity index is 508. The van der Waals surface area contributed by atoms with Crippen LogP contribution in [0.2, 0.25) is 0 Å². The van der Waals surface area contributed by atoms with E-state index in [-0.39, 0.29) is 6.04 Å². The summed E-state index contributed by atoms with van der Waals surface area (Å²) in [5, 5.41) is 0. The Kier molecular flexibility index (Phi) is 5.97. The lowest BCUT2D eigenvalue weighted by Crippen LogP contribution is -2.34. The zero-order valence-corrected chi connectivity index (χ0v) is 12.8. The Balaban J connectivity index is 3.18. The quantitative estimate of drug-likeness (QED) is 0.806. The molecule has 0 heterocycles. The van der Waals surface area contributed by atoms with E-state index in [4.69, 9.17) is 5.73 Å². The van der Waals surface area contributed by atoms with Gasteiger partial charge in [-0.05, 0) is 36.5 Å². The standard InChI is InChI=1S/C14H24N2O2S/c1-4-12-8-7-11(10-15)9-14(12)19(17,18)16-13(5-2)6-3/h7-9,13,16H,4-6,10,15H2,1-3H3. The largest absolute Gasteiger partial charge is 0.326 e. The zero-order chi connectivity index (χ0) is 14.5. The van der Waals surface area contributed by atoms with Crippen LogP contribution in [0.3, 0.4) is 0 Å². The van der Waals surface area contributed by atoms with Gasteiger partial charge in [-0.2, -0.15) is 0 Å². The highest BCUT2D eigenvalue weighted by atomic mass is 32.2. The highest BCUT2D eigenvalue weighted by molar-refractivity contribution is 7.89. The summed E-state index contributed by atoms with van der Waals surface area (Å²) >= 11 is 0. The number of aryl methyl sites for hydroxylation is 1. The molecule has 19 heavy (non-hydrogen) atoms. The Hall–Kier alpha value is -0.910. The minimum absolute atomic E-state index is 0.0174. The molecule has 0 aliphatic heterocycles. The van der Waals surface area contributed by atoms with Crippen molar-refractivity contribution in [1.82, 2.24) is 4.72 Å². The maximum Gasteiger partial charge on any atom is 0.241 e. The van der Waals surface area contributed by atoms with Crippen molar-refractivity contribution in [2.45, 2.75) is 57.5 Å². The summed E-state index contributed by atoms with van der Waals surface area (Å²) in [5.74, 6) is 0. The van der Waals surface area contributed by atoms with Crippen LogP contribution in [-0.4, -0.2) is 14.5 Å². The fourth-order valence-corrected chi connectivity index (χ4v) is 3.77. The van der Waals surface area contributed by atoms with E-state index in [2.05, 4.69) is 4.72 Å². The van der Waals surface area contributed by atoms with Gasteiger partial charge in [0, 0.05) is 12.6 Å². The van der Waals surface area contributed by atoms with Gasteiger partial charge in [0.05, 0.1) is 4.90 Å². The second-order valence-corrected chi connectivity index (χ2v) is 6.32. The third-order valence-corrected chi connectivity index (χ3v) is 4.95. The van der Waals surface area contributed by atoms with Crippen LogP contribution in [0.15, 0.2) is 23.1 Å². The number of hydrogen-bond acceptors (Lipinski definition) is 3. The first-order valence-electron chi connectivity index (χ1n) is 6.82. The molecule has 0 aliphatic carbocycles. The monoisotopic (exact) mass is 284 g/mol. The van der Waals surface area contributed by atoms with Crippen LogP contribution in [0.25, 0.3) is 0 Å². The summed E-state index contributed by atoms with van der Waals surface area (Å²) in [6.07, 6.45) is 2.26. The number of nitrogens with two attached hydrogens (primary N) is 1. The summed E-state index contributed by atoms with van der Waals surface area (Å²) in [5.41, 5.74) is 7.26. The van der Waals surface area contributed by atoms with Gasteiger partial charge in [0.2, 0.25) is 10.0 Å². The Morgan fingerprint density at radius 3 is 2.32 bits per heavy atom. The number of rotatable bonds is 7. The van der Waals surface area contributed by atoms with Crippen LogP contribution in [0.4, 0.5) is 0 Å². The summed E-state index contributed by atoms with van der Waals surface area (Å²) in [4.78, 5) is 0.366. The van der Waals surface area contributed by atoms with E-state index in [1.165, 1.54) is 0 Å². The second kappa shape index (κ2) is 7.03. The highest BCUT2D eigenvalue weighted by Crippen LogP contribution is 2.19. The normalized spacial score (nSPS) is 12.1. The van der Waals surface area contributed by atoms with Crippen molar-refractivity contribution in [3.05, 3.63) is 29.3 Å². The van der Waals surface area contributed by atoms with Gasteiger partial charge in [0.1, 0.15) is 0 Å². The summed E-state index contributed by atoms with van der Waals surface area (Å²) in [6.45, 7) is 6.26. The Morgan fingerprint density at radius 2 is 1.84 bits per heavy atom. The van der Waals surface area contributed by atoms with Crippen LogP contribution in [0.5, 0.6) is 0 Å². The van der Waals surface area contributed by atoms with Gasteiger partial charge < -0.3 is 5.73 Å².